The van der Waals surface area contributed by atoms with Crippen molar-refractivity contribution in [3.8, 4) is 0 Å². The van der Waals surface area contributed by atoms with Gasteiger partial charge in [0.2, 0.25) is 0 Å². The lowest BCUT2D eigenvalue weighted by atomic mass is 10.1. The summed E-state index contributed by atoms with van der Waals surface area (Å²) in [4.78, 5) is 21.1. The first kappa shape index (κ1) is 18.6. The van der Waals surface area contributed by atoms with Crippen LogP contribution in [0.4, 0.5) is 11.4 Å². The van der Waals surface area contributed by atoms with Crippen molar-refractivity contribution in [2.24, 2.45) is 0 Å². The number of carbonyl (C=O) groups is 1. The molecule has 0 saturated heterocycles. The highest BCUT2D eigenvalue weighted by atomic mass is 16.2. The number of para-hydroxylation sites is 1. The summed E-state index contributed by atoms with van der Waals surface area (Å²) in [6, 6.07) is 24.1. The smallest absolute Gasteiger partial charge is 0.276 e. The molecular weight excluding hydrogens is 334 g/mol. The highest BCUT2D eigenvalue weighted by Crippen LogP contribution is 2.22. The molecule has 0 atom stereocenters. The minimum Gasteiger partial charge on any atom is -0.365 e. The van der Waals surface area contributed by atoms with Gasteiger partial charge in [0.1, 0.15) is 5.69 Å². The number of aromatic nitrogens is 1. The average Bonchev–Trinajstić information content (AvgIpc) is 2.72. The van der Waals surface area contributed by atoms with Gasteiger partial charge in [0.25, 0.3) is 5.91 Å². The Morgan fingerprint density at radius 1 is 0.926 bits per heavy atom. The Morgan fingerprint density at radius 2 is 1.56 bits per heavy atom. The van der Waals surface area contributed by atoms with E-state index in [0.29, 0.717) is 11.7 Å². The number of carbonyl (C=O) groups excluding carboxylic acids is 1. The quantitative estimate of drug-likeness (QED) is 0.636. The van der Waals surface area contributed by atoms with Crippen LogP contribution < -0.4 is 9.80 Å². The van der Waals surface area contributed by atoms with Crippen LogP contribution in [0.2, 0.25) is 0 Å². The van der Waals surface area contributed by atoms with Crippen LogP contribution >= 0.6 is 0 Å². The Morgan fingerprint density at radius 3 is 2.19 bits per heavy atom. The van der Waals surface area contributed by atoms with Crippen LogP contribution in [-0.2, 0) is 6.54 Å². The number of rotatable bonds is 6. The molecule has 0 N–H and O–H groups in total. The fraction of sp³-hybridized carbons (Fsp3) is 0.217. The van der Waals surface area contributed by atoms with Crippen LogP contribution in [-0.4, -0.2) is 24.0 Å². The minimum absolute atomic E-state index is 0.119. The molecule has 138 valence electrons. The van der Waals surface area contributed by atoms with Crippen molar-refractivity contribution in [3.63, 3.8) is 0 Å². The summed E-state index contributed by atoms with van der Waals surface area (Å²) >= 11 is 0. The molecule has 0 bridgehead atoms. The molecule has 1 heterocycles. The maximum atomic E-state index is 12.9. The monoisotopic (exact) mass is 359 g/mol. The third-order valence-corrected chi connectivity index (χ3v) is 4.56. The maximum absolute atomic E-state index is 12.9. The highest BCUT2D eigenvalue weighted by Gasteiger charge is 2.18. The molecule has 0 aliphatic rings. The Kier molecular flexibility index (Phi) is 5.87. The van der Waals surface area contributed by atoms with Crippen molar-refractivity contribution in [1.82, 2.24) is 4.98 Å². The van der Waals surface area contributed by atoms with Gasteiger partial charge < -0.3 is 9.80 Å². The zero-order chi connectivity index (χ0) is 19.2. The van der Waals surface area contributed by atoms with Crippen LogP contribution in [0.3, 0.4) is 0 Å². The van der Waals surface area contributed by atoms with E-state index in [1.807, 2.05) is 60.7 Å². The summed E-state index contributed by atoms with van der Waals surface area (Å²) in [7, 11) is 1.77. The third-order valence-electron chi connectivity index (χ3n) is 4.56. The molecule has 0 fully saturated rings. The topological polar surface area (TPSA) is 36.4 Å². The molecule has 1 aromatic heterocycles. The summed E-state index contributed by atoms with van der Waals surface area (Å²) < 4.78 is 0. The predicted molar refractivity (Wildman–Crippen MR) is 111 cm³/mol. The molecule has 0 spiro atoms. The summed E-state index contributed by atoms with van der Waals surface area (Å²) in [5, 5.41) is 0. The fourth-order valence-electron chi connectivity index (χ4n) is 3.01. The fourth-order valence-corrected chi connectivity index (χ4v) is 3.01. The summed E-state index contributed by atoms with van der Waals surface area (Å²) in [5.41, 5.74) is 3.52. The second-order valence-corrected chi connectivity index (χ2v) is 6.81. The Labute approximate surface area is 161 Å². The van der Waals surface area contributed by atoms with Crippen LogP contribution in [0, 0.1) is 0 Å². The lowest BCUT2D eigenvalue weighted by Gasteiger charge is -2.29. The van der Waals surface area contributed by atoms with Gasteiger partial charge in [0.05, 0.1) is 0 Å². The van der Waals surface area contributed by atoms with Crippen LogP contribution in [0.15, 0.2) is 79.0 Å². The zero-order valence-corrected chi connectivity index (χ0v) is 16.0. The molecule has 1 amide bonds. The van der Waals surface area contributed by atoms with Gasteiger partial charge in [0, 0.05) is 37.2 Å². The van der Waals surface area contributed by atoms with Gasteiger partial charge in [-0.15, -0.1) is 0 Å². The van der Waals surface area contributed by atoms with Gasteiger partial charge in [0.15, 0.2) is 0 Å². The van der Waals surface area contributed by atoms with Gasteiger partial charge >= 0.3 is 0 Å². The van der Waals surface area contributed by atoms with E-state index in [1.54, 1.807) is 18.1 Å². The van der Waals surface area contributed by atoms with Gasteiger partial charge in [-0.05, 0) is 43.7 Å². The summed E-state index contributed by atoms with van der Waals surface area (Å²) in [6.07, 6.45) is 1.71. The molecule has 3 rings (SSSR count). The average molecular weight is 359 g/mol. The van der Waals surface area contributed by atoms with E-state index in [2.05, 4.69) is 35.9 Å². The molecule has 3 aromatic rings. The number of amides is 1. The third kappa shape index (κ3) is 4.53. The normalized spacial score (nSPS) is 10.7. The van der Waals surface area contributed by atoms with E-state index in [0.717, 1.165) is 17.9 Å². The molecule has 2 aromatic carbocycles. The first-order valence-corrected chi connectivity index (χ1v) is 9.16. The van der Waals surface area contributed by atoms with E-state index >= 15 is 0 Å². The molecule has 4 nitrogen and oxygen atoms in total. The largest absolute Gasteiger partial charge is 0.365 e. The van der Waals surface area contributed by atoms with Gasteiger partial charge in [-0.3, -0.25) is 9.78 Å². The molecule has 4 heteroatoms. The molecule has 0 radical (unpaired) electrons. The zero-order valence-electron chi connectivity index (χ0n) is 16.0. The Bertz CT molecular complexity index is 878. The van der Waals surface area contributed by atoms with Gasteiger partial charge in [-0.1, -0.05) is 48.5 Å². The molecule has 0 aliphatic carbocycles. The number of anilines is 2. The standard InChI is InChI=1S/C23H25N3O/c1-18(2)26(17-19-10-6-4-7-11-19)21-14-15-24-22(16-21)23(27)25(3)20-12-8-5-9-13-20/h4-16,18H,17H2,1-3H3. The summed E-state index contributed by atoms with van der Waals surface area (Å²) in [5.74, 6) is -0.119. The molecular formula is C23H25N3O. The molecule has 0 saturated carbocycles. The number of hydrogen-bond acceptors (Lipinski definition) is 3. The van der Waals surface area contributed by atoms with E-state index in [9.17, 15) is 4.79 Å². The summed E-state index contributed by atoms with van der Waals surface area (Å²) in [6.45, 7) is 5.09. The molecule has 27 heavy (non-hydrogen) atoms. The number of hydrogen-bond donors (Lipinski definition) is 0. The van der Waals surface area contributed by atoms with Crippen LogP contribution in [0.5, 0.6) is 0 Å². The number of pyridine rings is 1. The van der Waals surface area contributed by atoms with Crippen molar-refractivity contribution in [2.75, 3.05) is 16.8 Å². The Balaban J connectivity index is 1.85. The van der Waals surface area contributed by atoms with Crippen molar-refractivity contribution >= 4 is 17.3 Å². The molecule has 0 unspecified atom stereocenters. The lowest BCUT2D eigenvalue weighted by molar-refractivity contribution is 0.0988. The first-order valence-electron chi connectivity index (χ1n) is 9.16. The minimum atomic E-state index is -0.119. The van der Waals surface area contributed by atoms with Gasteiger partial charge in [-0.2, -0.15) is 0 Å². The predicted octanol–water partition coefficient (Wildman–Crippen LogP) is 4.77. The SMILES string of the molecule is CC(C)N(Cc1ccccc1)c1ccnc(C(=O)N(C)c2ccccc2)c1. The maximum Gasteiger partial charge on any atom is 0.276 e. The van der Waals surface area contributed by atoms with Crippen molar-refractivity contribution in [2.45, 2.75) is 26.4 Å². The highest BCUT2D eigenvalue weighted by molar-refractivity contribution is 6.04. The van der Waals surface area contributed by atoms with Gasteiger partial charge in [-0.25, -0.2) is 0 Å². The second kappa shape index (κ2) is 8.49. The van der Waals surface area contributed by atoms with Crippen LogP contribution in [0.25, 0.3) is 0 Å². The van der Waals surface area contributed by atoms with E-state index < -0.39 is 0 Å². The van der Waals surface area contributed by atoms with Crippen molar-refractivity contribution in [3.05, 3.63) is 90.3 Å². The Hall–Kier alpha value is -3.14. The van der Waals surface area contributed by atoms with E-state index in [-0.39, 0.29) is 5.91 Å². The number of benzene rings is 2. The van der Waals surface area contributed by atoms with E-state index in [4.69, 9.17) is 0 Å². The van der Waals surface area contributed by atoms with Crippen molar-refractivity contribution < 1.29 is 4.79 Å². The van der Waals surface area contributed by atoms with E-state index in [1.165, 1.54) is 5.56 Å². The van der Waals surface area contributed by atoms with Crippen molar-refractivity contribution in [1.29, 1.82) is 0 Å². The molecule has 0 aliphatic heterocycles. The van der Waals surface area contributed by atoms with Crippen LogP contribution in [0.1, 0.15) is 29.9 Å². The lowest BCUT2D eigenvalue weighted by Crippen LogP contribution is -2.31. The number of nitrogens with zero attached hydrogens (tertiary/aromatic N) is 3. The first-order chi connectivity index (χ1) is 13.1. The second-order valence-electron chi connectivity index (χ2n) is 6.81.